The third-order valence-electron chi connectivity index (χ3n) is 5.55. The van der Waals surface area contributed by atoms with Crippen LogP contribution in [0.25, 0.3) is 0 Å². The number of hydrogen-bond donors (Lipinski definition) is 3. The van der Waals surface area contributed by atoms with Crippen LogP contribution in [0.15, 0.2) is 29.3 Å². The van der Waals surface area contributed by atoms with Gasteiger partial charge in [0.2, 0.25) is 5.78 Å². The van der Waals surface area contributed by atoms with Crippen molar-refractivity contribution >= 4 is 21.9 Å². The van der Waals surface area contributed by atoms with Gasteiger partial charge in [-0.1, -0.05) is 0 Å². The molecular weight excluding hydrogens is 428 g/mol. The Morgan fingerprint density at radius 3 is 2.97 bits per heavy atom. The molecule has 0 radical (unpaired) electrons. The number of aliphatic hydroxyl groups is 1. The fraction of sp³-hybridized carbons (Fsp3) is 0.526. The number of rotatable bonds is 8. The first kappa shape index (κ1) is 21.8. The van der Waals surface area contributed by atoms with Crippen LogP contribution < -0.4 is 10.5 Å². The molecule has 2 aromatic heterocycles. The fourth-order valence-electron chi connectivity index (χ4n) is 4.00. The molecule has 0 amide bonds. The van der Waals surface area contributed by atoms with Gasteiger partial charge in [0.25, 0.3) is 0 Å². The van der Waals surface area contributed by atoms with Crippen molar-refractivity contribution in [3.63, 3.8) is 0 Å². The smallest absolute Gasteiger partial charge is 0.333 e. The van der Waals surface area contributed by atoms with E-state index in [2.05, 4.69) is 19.5 Å². The number of aliphatic hydroxyl groups excluding tert-OH is 1. The van der Waals surface area contributed by atoms with Crippen LogP contribution in [0.1, 0.15) is 53.5 Å². The zero-order chi connectivity index (χ0) is 22.0. The number of nitrogens with two attached hydrogens (primary N) is 1. The van der Waals surface area contributed by atoms with Crippen molar-refractivity contribution in [2.75, 3.05) is 18.5 Å². The Balaban J connectivity index is 1.45. The second-order valence-electron chi connectivity index (χ2n) is 7.78. The fourth-order valence-corrected chi connectivity index (χ4v) is 4.36. The molecule has 3 heterocycles. The van der Waals surface area contributed by atoms with E-state index in [-0.39, 0.29) is 35.9 Å². The highest BCUT2D eigenvalue weighted by atomic mass is 32.2. The van der Waals surface area contributed by atoms with E-state index in [1.165, 1.54) is 18.8 Å². The number of hydrogen-bond acceptors (Lipinski definition) is 10. The molecule has 4 atom stereocenters. The second kappa shape index (κ2) is 9.01. The summed E-state index contributed by atoms with van der Waals surface area (Å²) >= 11 is 0. The molecule has 0 spiro atoms. The molecule has 12 heteroatoms. The lowest BCUT2D eigenvalue weighted by molar-refractivity contribution is 0.100. The molecular formula is C19H24N4O7S. The molecule has 0 unspecified atom stereocenters. The lowest BCUT2D eigenvalue weighted by Crippen LogP contribution is -2.24. The summed E-state index contributed by atoms with van der Waals surface area (Å²) in [4.78, 5) is 21.1. The minimum atomic E-state index is -4.08. The number of ketones is 1. The molecule has 0 bridgehead atoms. The van der Waals surface area contributed by atoms with Gasteiger partial charge in [0, 0.05) is 30.3 Å². The van der Waals surface area contributed by atoms with Crippen molar-refractivity contribution < 1.29 is 31.7 Å². The van der Waals surface area contributed by atoms with E-state index >= 15 is 0 Å². The summed E-state index contributed by atoms with van der Waals surface area (Å²) in [5.74, 6) is -0.328. The Morgan fingerprint density at radius 1 is 1.39 bits per heavy atom. The van der Waals surface area contributed by atoms with Gasteiger partial charge >= 0.3 is 10.3 Å². The van der Waals surface area contributed by atoms with E-state index in [1.807, 2.05) is 0 Å². The largest absolute Gasteiger partial charge is 0.460 e. The zero-order valence-corrected chi connectivity index (χ0v) is 17.5. The summed E-state index contributed by atoms with van der Waals surface area (Å²) in [5.41, 5.74) is 1.05. The predicted octanol–water partition coefficient (Wildman–Crippen LogP) is 0.924. The van der Waals surface area contributed by atoms with Crippen LogP contribution in [0.5, 0.6) is 0 Å². The number of nitrogens with one attached hydrogen (secondary N) is 1. The van der Waals surface area contributed by atoms with Crippen LogP contribution >= 0.6 is 0 Å². The standard InChI is InChI=1S/C19H24N4O7S/c20-31(26,27)30-9-11-4-13(6-15(11)24)23-19-14(7-21-10-22-19)18(25)17-5-12(8-29-17)16-2-1-3-28-16/h5,7-8,10-11,13,15-16,24H,1-4,6,9H2,(H2,20,26,27)(H,21,22,23)/t11-,13-,15+,16-/m1/s1. The summed E-state index contributed by atoms with van der Waals surface area (Å²) in [5, 5.41) is 18.2. The topological polar surface area (TPSA) is 167 Å². The lowest BCUT2D eigenvalue weighted by Gasteiger charge is -2.15. The van der Waals surface area contributed by atoms with E-state index in [1.54, 1.807) is 6.07 Å². The van der Waals surface area contributed by atoms with Crippen LogP contribution in [0.3, 0.4) is 0 Å². The maximum absolute atomic E-state index is 13.0. The molecule has 2 fully saturated rings. The summed E-state index contributed by atoms with van der Waals surface area (Å²) in [6, 6.07) is 1.43. The first-order chi connectivity index (χ1) is 14.8. The first-order valence-electron chi connectivity index (χ1n) is 9.96. The molecule has 4 N–H and O–H groups in total. The van der Waals surface area contributed by atoms with Crippen LogP contribution in [0, 0.1) is 5.92 Å². The highest BCUT2D eigenvalue weighted by Crippen LogP contribution is 2.32. The predicted molar refractivity (Wildman–Crippen MR) is 107 cm³/mol. The Bertz CT molecular complexity index is 1040. The van der Waals surface area contributed by atoms with Gasteiger partial charge < -0.3 is 19.6 Å². The molecule has 4 rings (SSSR count). The van der Waals surface area contributed by atoms with Crippen LogP contribution in [0.4, 0.5) is 5.82 Å². The van der Waals surface area contributed by atoms with Crippen LogP contribution in [-0.2, 0) is 19.2 Å². The SMILES string of the molecule is NS(=O)(=O)OC[C@H]1C[C@@H](Nc2ncncc2C(=O)c2cc([C@H]3CCCO3)co2)C[C@@H]1O. The first-order valence-corrected chi connectivity index (χ1v) is 11.4. The summed E-state index contributed by atoms with van der Waals surface area (Å²) in [6.07, 6.45) is 6.00. The average Bonchev–Trinajstić information content (AvgIpc) is 3.47. The molecule has 1 aliphatic heterocycles. The molecule has 1 saturated carbocycles. The van der Waals surface area contributed by atoms with Gasteiger partial charge in [-0.15, -0.1) is 0 Å². The van der Waals surface area contributed by atoms with Crippen molar-refractivity contribution in [3.8, 4) is 0 Å². The number of ether oxygens (including phenoxy) is 1. The van der Waals surface area contributed by atoms with E-state index in [0.29, 0.717) is 25.3 Å². The zero-order valence-electron chi connectivity index (χ0n) is 16.6. The molecule has 11 nitrogen and oxygen atoms in total. The normalized spacial score (nSPS) is 26.3. The molecule has 168 valence electrons. The van der Waals surface area contributed by atoms with E-state index in [0.717, 1.165) is 18.4 Å². The number of carbonyl (C=O) groups is 1. The minimum absolute atomic E-state index is 0.0635. The molecule has 0 aromatic carbocycles. The van der Waals surface area contributed by atoms with Crippen molar-refractivity contribution in [1.29, 1.82) is 0 Å². The van der Waals surface area contributed by atoms with Crippen molar-refractivity contribution in [2.24, 2.45) is 11.1 Å². The Kier molecular flexibility index (Phi) is 6.34. The highest BCUT2D eigenvalue weighted by Gasteiger charge is 2.35. The summed E-state index contributed by atoms with van der Waals surface area (Å²) < 4.78 is 37.7. The van der Waals surface area contributed by atoms with Gasteiger partial charge in [0.1, 0.15) is 12.1 Å². The van der Waals surface area contributed by atoms with E-state index < -0.39 is 22.3 Å². The number of nitrogens with zero attached hydrogens (tertiary/aromatic N) is 2. The molecule has 31 heavy (non-hydrogen) atoms. The molecule has 1 aliphatic carbocycles. The Hall–Kier alpha value is -2.38. The number of carbonyl (C=O) groups excluding carboxylic acids is 1. The summed E-state index contributed by atoms with van der Waals surface area (Å²) in [6.45, 7) is 0.475. The lowest BCUT2D eigenvalue weighted by atomic mass is 10.1. The van der Waals surface area contributed by atoms with Crippen molar-refractivity contribution in [1.82, 2.24) is 9.97 Å². The number of anilines is 1. The summed E-state index contributed by atoms with van der Waals surface area (Å²) in [7, 11) is -4.08. The minimum Gasteiger partial charge on any atom is -0.460 e. The van der Waals surface area contributed by atoms with Crippen LogP contribution in [0.2, 0.25) is 0 Å². The van der Waals surface area contributed by atoms with Gasteiger partial charge in [-0.25, -0.2) is 15.1 Å². The van der Waals surface area contributed by atoms with Gasteiger partial charge in [0.05, 0.1) is 30.6 Å². The van der Waals surface area contributed by atoms with E-state index in [4.69, 9.17) is 14.3 Å². The third-order valence-corrected chi connectivity index (χ3v) is 6.01. The van der Waals surface area contributed by atoms with Crippen molar-refractivity contribution in [2.45, 2.75) is 43.9 Å². The quantitative estimate of drug-likeness (QED) is 0.490. The van der Waals surface area contributed by atoms with Gasteiger partial charge in [-0.3, -0.25) is 8.98 Å². The average molecular weight is 452 g/mol. The maximum atomic E-state index is 13.0. The van der Waals surface area contributed by atoms with E-state index in [9.17, 15) is 18.3 Å². The molecule has 1 saturated heterocycles. The third kappa shape index (κ3) is 5.28. The monoisotopic (exact) mass is 452 g/mol. The van der Waals surface area contributed by atoms with Crippen molar-refractivity contribution in [3.05, 3.63) is 41.7 Å². The van der Waals surface area contributed by atoms with Gasteiger partial charge in [-0.2, -0.15) is 8.42 Å². The number of aromatic nitrogens is 2. The maximum Gasteiger partial charge on any atom is 0.333 e. The van der Waals surface area contributed by atoms with Gasteiger partial charge in [0.15, 0.2) is 5.76 Å². The van der Waals surface area contributed by atoms with Crippen LogP contribution in [-0.4, -0.2) is 54.6 Å². The van der Waals surface area contributed by atoms with Gasteiger partial charge in [-0.05, 0) is 31.7 Å². The molecule has 2 aromatic rings. The second-order valence-corrected chi connectivity index (χ2v) is 9.00. The number of furan rings is 1. The molecule has 2 aliphatic rings. The Labute approximate surface area is 179 Å². The Morgan fingerprint density at radius 2 is 2.23 bits per heavy atom. The highest BCUT2D eigenvalue weighted by molar-refractivity contribution is 7.84.